The van der Waals surface area contributed by atoms with Gasteiger partial charge in [0.15, 0.2) is 30.2 Å². The predicted molar refractivity (Wildman–Crippen MR) is 124 cm³/mol. The fourth-order valence-electron chi connectivity index (χ4n) is 3.12. The molecule has 9 heteroatoms. The van der Waals surface area contributed by atoms with E-state index < -0.39 is 27.7 Å². The summed E-state index contributed by atoms with van der Waals surface area (Å²) in [5.74, 6) is -0.179. The minimum Gasteiger partial charge on any atom is -0.462 e. The van der Waals surface area contributed by atoms with Gasteiger partial charge in [0.2, 0.25) is 0 Å². The molecule has 168 valence electrons. The number of furan rings is 4. The molecule has 0 aromatic carbocycles. The van der Waals surface area contributed by atoms with E-state index in [9.17, 15) is 4.79 Å². The highest BCUT2D eigenvalue weighted by molar-refractivity contribution is 7.70. The van der Waals surface area contributed by atoms with E-state index in [1.165, 1.54) is 0 Å². The Hall–Kier alpha value is -2.59. The van der Waals surface area contributed by atoms with Crippen LogP contribution in [0.2, 0.25) is 0 Å². The van der Waals surface area contributed by atoms with Crippen LogP contribution in [0.25, 0.3) is 0 Å². The lowest BCUT2D eigenvalue weighted by atomic mass is 9.89. The molecule has 32 heavy (non-hydrogen) atoms. The molecule has 1 amide bonds. The van der Waals surface area contributed by atoms with Crippen molar-refractivity contribution >= 4 is 44.1 Å². The second-order valence-electron chi connectivity index (χ2n) is 8.12. The number of likely N-dealkylation sites (N-methyl/N-ethyl adjacent to an activating group) is 1. The molecule has 0 saturated carbocycles. The standard InChI is InChI=1S/C23H25NO6P2/c1-23(2,3)21(30-32(19-11-7-15-28-19)20-12-8-16-29-20)22(25)24(4)31(17-9-5-13-26-17)18-10-6-14-27-18/h5-16,21H,1-4H3/t21-/m1/s1. The van der Waals surface area contributed by atoms with Crippen LogP contribution in [0.15, 0.2) is 91.3 Å². The first-order chi connectivity index (χ1) is 15.4. The Morgan fingerprint density at radius 3 is 1.56 bits per heavy atom. The van der Waals surface area contributed by atoms with Gasteiger partial charge in [-0.25, -0.2) is 0 Å². The van der Waals surface area contributed by atoms with E-state index in [0.29, 0.717) is 22.0 Å². The van der Waals surface area contributed by atoms with Crippen LogP contribution in [0.4, 0.5) is 0 Å². The number of rotatable bonds is 8. The molecular formula is C23H25NO6P2. The van der Waals surface area contributed by atoms with E-state index in [4.69, 9.17) is 22.2 Å². The third kappa shape index (κ3) is 4.75. The summed E-state index contributed by atoms with van der Waals surface area (Å²) in [5, 5.41) is 0. The van der Waals surface area contributed by atoms with E-state index in [2.05, 4.69) is 0 Å². The molecule has 1 atom stereocenters. The van der Waals surface area contributed by atoms with Crippen molar-refractivity contribution in [2.24, 2.45) is 5.41 Å². The van der Waals surface area contributed by atoms with Crippen LogP contribution in [0.5, 0.6) is 0 Å². The summed E-state index contributed by atoms with van der Waals surface area (Å²) in [7, 11) is -1.06. The van der Waals surface area contributed by atoms with Gasteiger partial charge in [-0.2, -0.15) is 0 Å². The zero-order chi connectivity index (χ0) is 22.7. The SMILES string of the molecule is CN(C(=O)[C@@H](OP(c1ccco1)c1ccco1)C(C)(C)C)P(c1ccco1)c1ccco1. The third-order valence-electron chi connectivity index (χ3n) is 4.68. The van der Waals surface area contributed by atoms with Crippen LogP contribution in [-0.2, 0) is 9.32 Å². The second-order valence-corrected chi connectivity index (χ2v) is 11.9. The molecule has 0 aliphatic rings. The maximum absolute atomic E-state index is 13.9. The predicted octanol–water partition coefficient (Wildman–Crippen LogP) is 4.34. The molecule has 0 unspecified atom stereocenters. The largest absolute Gasteiger partial charge is 0.462 e. The first-order valence-corrected chi connectivity index (χ1v) is 12.6. The molecule has 4 aromatic rings. The molecule has 0 aliphatic carbocycles. The Kier molecular flexibility index (Phi) is 6.71. The Labute approximate surface area is 189 Å². The van der Waals surface area contributed by atoms with Crippen LogP contribution in [0, 0.1) is 5.41 Å². The van der Waals surface area contributed by atoms with Crippen molar-refractivity contribution in [2.75, 3.05) is 7.05 Å². The minimum atomic E-state index is -1.47. The number of hydrogen-bond acceptors (Lipinski definition) is 6. The number of carbonyl (C=O) groups is 1. The fraction of sp³-hybridized carbons (Fsp3) is 0.261. The Morgan fingerprint density at radius 2 is 1.22 bits per heavy atom. The van der Waals surface area contributed by atoms with Gasteiger partial charge in [0.25, 0.3) is 5.91 Å². The quantitative estimate of drug-likeness (QED) is 0.354. The van der Waals surface area contributed by atoms with Gasteiger partial charge >= 0.3 is 0 Å². The van der Waals surface area contributed by atoms with Gasteiger partial charge in [-0.3, -0.25) is 4.79 Å². The summed E-state index contributed by atoms with van der Waals surface area (Å²) >= 11 is 0. The Morgan fingerprint density at radius 1 is 0.812 bits per heavy atom. The average Bonchev–Trinajstić information content (AvgIpc) is 3.57. The van der Waals surface area contributed by atoms with Crippen molar-refractivity contribution in [3.8, 4) is 0 Å². The van der Waals surface area contributed by atoms with E-state index in [-0.39, 0.29) is 5.91 Å². The van der Waals surface area contributed by atoms with Crippen molar-refractivity contribution < 1.29 is 27.0 Å². The Balaban J connectivity index is 1.67. The zero-order valence-corrected chi connectivity index (χ0v) is 20.1. The smallest absolute Gasteiger partial charge is 0.256 e. The van der Waals surface area contributed by atoms with Gasteiger partial charge in [-0.05, 0) is 53.9 Å². The van der Waals surface area contributed by atoms with Gasteiger partial charge in [-0.1, -0.05) is 20.8 Å². The number of hydrogen-bond donors (Lipinski definition) is 0. The maximum atomic E-state index is 13.9. The average molecular weight is 473 g/mol. The van der Waals surface area contributed by atoms with Crippen LogP contribution in [0.1, 0.15) is 20.8 Å². The van der Waals surface area contributed by atoms with Gasteiger partial charge in [0.05, 0.1) is 25.1 Å². The summed E-state index contributed by atoms with van der Waals surface area (Å²) in [4.78, 5) is 13.9. The fourth-order valence-corrected chi connectivity index (χ4v) is 6.80. The molecule has 4 aromatic heterocycles. The monoisotopic (exact) mass is 473 g/mol. The van der Waals surface area contributed by atoms with E-state index >= 15 is 0 Å². The van der Waals surface area contributed by atoms with Crippen molar-refractivity contribution in [3.05, 3.63) is 73.6 Å². The summed E-state index contributed by atoms with van der Waals surface area (Å²) < 4.78 is 30.8. The van der Waals surface area contributed by atoms with Crippen molar-refractivity contribution in [3.63, 3.8) is 0 Å². The molecule has 0 aliphatic heterocycles. The van der Waals surface area contributed by atoms with Crippen molar-refractivity contribution in [2.45, 2.75) is 26.9 Å². The van der Waals surface area contributed by atoms with Gasteiger partial charge in [-0.15, -0.1) is 0 Å². The molecule has 0 N–H and O–H groups in total. The van der Waals surface area contributed by atoms with Gasteiger partial charge in [0.1, 0.15) is 14.2 Å². The summed E-state index contributed by atoms with van der Waals surface area (Å²) in [6.07, 6.45) is 5.59. The molecule has 7 nitrogen and oxygen atoms in total. The lowest BCUT2D eigenvalue weighted by molar-refractivity contribution is -0.136. The number of nitrogens with zero attached hydrogens (tertiary/aromatic N) is 1. The lowest BCUT2D eigenvalue weighted by Gasteiger charge is -2.35. The summed E-state index contributed by atoms with van der Waals surface area (Å²) in [6, 6.07) is 14.6. The van der Waals surface area contributed by atoms with Crippen LogP contribution < -0.4 is 22.0 Å². The number of carbonyl (C=O) groups excluding carboxylic acids is 1. The molecule has 4 heterocycles. The summed E-state index contributed by atoms with van der Waals surface area (Å²) in [6.45, 7) is 5.93. The minimum absolute atomic E-state index is 0.179. The van der Waals surface area contributed by atoms with Gasteiger partial charge in [0, 0.05) is 7.05 Å². The second kappa shape index (κ2) is 9.50. The summed E-state index contributed by atoms with van der Waals surface area (Å²) in [5.41, 5.74) is 2.08. The molecular weight excluding hydrogens is 448 g/mol. The van der Waals surface area contributed by atoms with Crippen LogP contribution in [0.3, 0.4) is 0 Å². The lowest BCUT2D eigenvalue weighted by Crippen LogP contribution is -2.45. The highest BCUT2D eigenvalue weighted by Gasteiger charge is 2.41. The highest BCUT2D eigenvalue weighted by atomic mass is 31.1. The number of amides is 1. The third-order valence-corrected chi connectivity index (χ3v) is 8.56. The normalized spacial score (nSPS) is 13.1. The maximum Gasteiger partial charge on any atom is 0.256 e. The highest BCUT2D eigenvalue weighted by Crippen LogP contribution is 2.44. The molecule has 0 radical (unpaired) electrons. The first kappa shape index (κ1) is 22.6. The van der Waals surface area contributed by atoms with Crippen molar-refractivity contribution in [1.82, 2.24) is 4.67 Å². The molecule has 0 spiro atoms. The van der Waals surface area contributed by atoms with E-state index in [0.717, 1.165) is 0 Å². The van der Waals surface area contributed by atoms with Crippen molar-refractivity contribution in [1.29, 1.82) is 0 Å². The van der Waals surface area contributed by atoms with Crippen LogP contribution >= 0.6 is 16.2 Å². The Bertz CT molecular complexity index is 1010. The van der Waals surface area contributed by atoms with E-state index in [1.54, 1.807) is 61.0 Å². The zero-order valence-electron chi connectivity index (χ0n) is 18.3. The molecule has 0 bridgehead atoms. The van der Waals surface area contributed by atoms with Crippen LogP contribution in [-0.4, -0.2) is 23.7 Å². The van der Waals surface area contributed by atoms with E-state index in [1.807, 2.05) is 45.0 Å². The first-order valence-electron chi connectivity index (χ1n) is 10.0. The molecule has 4 rings (SSSR count). The van der Waals surface area contributed by atoms with Gasteiger partial charge < -0.3 is 26.9 Å². The molecule has 0 fully saturated rings. The molecule has 0 saturated heterocycles. The topological polar surface area (TPSA) is 82.1 Å².